The maximum atomic E-state index is 10.1. The first-order valence-electron chi connectivity index (χ1n) is 3.45. The molecule has 0 aromatic heterocycles. The summed E-state index contributed by atoms with van der Waals surface area (Å²) in [5.74, 6) is 0.801. The molecule has 0 aromatic rings. The molecule has 1 fully saturated rings. The van der Waals surface area contributed by atoms with Crippen LogP contribution in [0.1, 0.15) is 19.8 Å². The first-order chi connectivity index (χ1) is 4.33. The maximum Gasteiger partial charge on any atom is 0.312 e. The molecular weight excluding hydrogens is 114 g/mol. The number of carbonyl (C=O) groups excluding carboxylic acids is 1. The summed E-state index contributed by atoms with van der Waals surface area (Å²) in [6.07, 6.45) is 4.20. The van der Waals surface area contributed by atoms with Gasteiger partial charge in [-0.1, -0.05) is 6.92 Å². The monoisotopic (exact) mass is 126 g/mol. The average Bonchev–Trinajstić information content (AvgIpc) is 1.90. The lowest BCUT2D eigenvalue weighted by molar-refractivity contribution is 0.269. The van der Waals surface area contributed by atoms with E-state index in [1.54, 1.807) is 4.90 Å². The second-order valence-electron chi connectivity index (χ2n) is 2.76. The van der Waals surface area contributed by atoms with E-state index in [1.807, 2.05) is 6.41 Å². The van der Waals surface area contributed by atoms with Gasteiger partial charge in [-0.25, -0.2) is 0 Å². The van der Waals surface area contributed by atoms with Crippen molar-refractivity contribution in [3.05, 3.63) is 0 Å². The second kappa shape index (κ2) is 2.85. The van der Waals surface area contributed by atoms with Crippen LogP contribution >= 0.6 is 0 Å². The third-order valence-electron chi connectivity index (χ3n) is 1.91. The van der Waals surface area contributed by atoms with Crippen molar-refractivity contribution in [2.75, 3.05) is 13.1 Å². The van der Waals surface area contributed by atoms with Crippen LogP contribution in [0.15, 0.2) is 0 Å². The van der Waals surface area contributed by atoms with Crippen LogP contribution in [0.5, 0.6) is 0 Å². The molecule has 0 saturated carbocycles. The van der Waals surface area contributed by atoms with Crippen LogP contribution in [-0.2, 0) is 4.79 Å². The van der Waals surface area contributed by atoms with Gasteiger partial charge in [-0.15, -0.1) is 0 Å². The summed E-state index contributed by atoms with van der Waals surface area (Å²) >= 11 is 0. The Hall–Kier alpha value is -0.530. The van der Waals surface area contributed by atoms with E-state index in [9.17, 15) is 4.79 Å². The molecule has 0 unspecified atom stereocenters. The summed E-state index contributed by atoms with van der Waals surface area (Å²) in [7, 11) is 0. The number of piperidine rings is 1. The van der Waals surface area contributed by atoms with Crippen molar-refractivity contribution in [3.8, 4) is 0 Å². The van der Waals surface area contributed by atoms with E-state index >= 15 is 0 Å². The van der Waals surface area contributed by atoms with Gasteiger partial charge < -0.3 is 4.90 Å². The minimum absolute atomic E-state index is 0.801. The number of amides is 1. The molecule has 0 atom stereocenters. The Balaban J connectivity index is 2.26. The molecule has 1 aliphatic heterocycles. The fourth-order valence-corrected chi connectivity index (χ4v) is 1.10. The van der Waals surface area contributed by atoms with E-state index in [0.717, 1.165) is 31.8 Å². The summed E-state index contributed by atoms with van der Waals surface area (Å²) in [4.78, 5) is 11.8. The highest BCUT2D eigenvalue weighted by Crippen LogP contribution is 2.13. The van der Waals surface area contributed by atoms with Crippen molar-refractivity contribution >= 4 is 6.41 Å². The third kappa shape index (κ3) is 1.70. The molecule has 1 radical (unpaired) electrons. The molecular formula is C7H12NO. The van der Waals surface area contributed by atoms with Crippen LogP contribution in [0.25, 0.3) is 0 Å². The molecule has 2 nitrogen and oxygen atoms in total. The highest BCUT2D eigenvalue weighted by molar-refractivity contribution is 5.48. The minimum Gasteiger partial charge on any atom is -0.334 e. The molecule has 1 aliphatic rings. The van der Waals surface area contributed by atoms with Crippen LogP contribution < -0.4 is 0 Å². The normalized spacial score (nSPS) is 22.1. The van der Waals surface area contributed by atoms with E-state index in [-0.39, 0.29) is 0 Å². The fourth-order valence-electron chi connectivity index (χ4n) is 1.10. The molecule has 9 heavy (non-hydrogen) atoms. The van der Waals surface area contributed by atoms with Gasteiger partial charge >= 0.3 is 6.41 Å². The molecule has 0 bridgehead atoms. The fraction of sp³-hybridized carbons (Fsp3) is 0.857. The van der Waals surface area contributed by atoms with Crippen molar-refractivity contribution in [1.29, 1.82) is 0 Å². The molecule has 1 saturated heterocycles. The van der Waals surface area contributed by atoms with Crippen molar-refractivity contribution in [1.82, 2.24) is 4.90 Å². The van der Waals surface area contributed by atoms with E-state index in [1.165, 1.54) is 0 Å². The molecule has 51 valence electrons. The Morgan fingerprint density at radius 2 is 2.00 bits per heavy atom. The van der Waals surface area contributed by atoms with Gasteiger partial charge in [-0.2, -0.15) is 0 Å². The van der Waals surface area contributed by atoms with Crippen LogP contribution in [0, 0.1) is 5.92 Å². The third-order valence-corrected chi connectivity index (χ3v) is 1.91. The van der Waals surface area contributed by atoms with Gasteiger partial charge in [0.15, 0.2) is 0 Å². The first kappa shape index (κ1) is 6.59. The number of nitrogens with zero attached hydrogens (tertiary/aromatic N) is 1. The summed E-state index contributed by atoms with van der Waals surface area (Å²) in [6, 6.07) is 0. The standard InChI is InChI=1S/C7H12NO/c1-7-2-4-8(6-9)5-3-7/h7H,2-5H2,1H3. The van der Waals surface area contributed by atoms with Crippen LogP contribution in [0.2, 0.25) is 0 Å². The van der Waals surface area contributed by atoms with Gasteiger partial charge in [0, 0.05) is 13.1 Å². The first-order valence-corrected chi connectivity index (χ1v) is 3.45. The summed E-state index contributed by atoms with van der Waals surface area (Å²) in [5.41, 5.74) is 0. The van der Waals surface area contributed by atoms with Crippen LogP contribution in [0.3, 0.4) is 0 Å². The van der Waals surface area contributed by atoms with Gasteiger partial charge in [0.1, 0.15) is 0 Å². The van der Waals surface area contributed by atoms with Crippen molar-refractivity contribution in [3.63, 3.8) is 0 Å². The largest absolute Gasteiger partial charge is 0.334 e. The topological polar surface area (TPSA) is 20.3 Å². The second-order valence-corrected chi connectivity index (χ2v) is 2.76. The lowest BCUT2D eigenvalue weighted by Crippen LogP contribution is -2.31. The number of likely N-dealkylation sites (tertiary alicyclic amines) is 1. The average molecular weight is 126 g/mol. The molecule has 0 aromatic carbocycles. The molecule has 2 heteroatoms. The SMILES string of the molecule is CC1CCN([C]=O)CC1. The number of hydrogen-bond acceptors (Lipinski definition) is 1. The van der Waals surface area contributed by atoms with E-state index in [2.05, 4.69) is 6.92 Å². The predicted octanol–water partition coefficient (Wildman–Crippen LogP) is 0.785. The predicted molar refractivity (Wildman–Crippen MR) is 35.7 cm³/mol. The zero-order valence-electron chi connectivity index (χ0n) is 5.76. The smallest absolute Gasteiger partial charge is 0.312 e. The number of hydrogen-bond donors (Lipinski definition) is 0. The number of rotatable bonds is 1. The Morgan fingerprint density at radius 3 is 2.44 bits per heavy atom. The van der Waals surface area contributed by atoms with Crippen molar-refractivity contribution in [2.24, 2.45) is 5.92 Å². The molecule has 1 amide bonds. The Morgan fingerprint density at radius 1 is 1.44 bits per heavy atom. The summed E-state index contributed by atoms with van der Waals surface area (Å²) in [6.45, 7) is 4.04. The van der Waals surface area contributed by atoms with Crippen molar-refractivity contribution in [2.45, 2.75) is 19.8 Å². The molecule has 1 rings (SSSR count). The highest BCUT2D eigenvalue weighted by Gasteiger charge is 2.13. The molecule has 1 heterocycles. The van der Waals surface area contributed by atoms with Crippen LogP contribution in [0.4, 0.5) is 0 Å². The van der Waals surface area contributed by atoms with E-state index < -0.39 is 0 Å². The Bertz CT molecular complexity index is 95.1. The van der Waals surface area contributed by atoms with Gasteiger partial charge in [0.25, 0.3) is 0 Å². The quantitative estimate of drug-likeness (QED) is 0.508. The minimum atomic E-state index is 0.801. The van der Waals surface area contributed by atoms with Gasteiger partial charge in [0.2, 0.25) is 0 Å². The zero-order chi connectivity index (χ0) is 6.69. The van der Waals surface area contributed by atoms with Crippen molar-refractivity contribution < 1.29 is 4.79 Å². The van der Waals surface area contributed by atoms with Gasteiger partial charge in [0.05, 0.1) is 0 Å². The molecule has 0 aliphatic carbocycles. The highest BCUT2D eigenvalue weighted by atomic mass is 16.1. The Labute approximate surface area is 55.8 Å². The lowest BCUT2D eigenvalue weighted by atomic mass is 10.00. The summed E-state index contributed by atoms with van der Waals surface area (Å²) < 4.78 is 0. The van der Waals surface area contributed by atoms with Gasteiger partial charge in [-0.05, 0) is 18.8 Å². The van der Waals surface area contributed by atoms with E-state index in [4.69, 9.17) is 0 Å². The zero-order valence-corrected chi connectivity index (χ0v) is 5.76. The van der Waals surface area contributed by atoms with E-state index in [0.29, 0.717) is 0 Å². The molecule has 0 N–H and O–H groups in total. The summed E-state index contributed by atoms with van der Waals surface area (Å²) in [5, 5.41) is 0. The lowest BCUT2D eigenvalue weighted by Gasteiger charge is -2.25. The maximum absolute atomic E-state index is 10.1. The van der Waals surface area contributed by atoms with Gasteiger partial charge in [-0.3, -0.25) is 4.79 Å². The molecule has 0 spiro atoms. The van der Waals surface area contributed by atoms with Crippen LogP contribution in [-0.4, -0.2) is 24.4 Å². The Kier molecular flexibility index (Phi) is 2.09.